The van der Waals surface area contributed by atoms with Crippen molar-refractivity contribution >= 4 is 20.0 Å². The number of hydrogen-bond acceptors (Lipinski definition) is 4. The zero-order valence-corrected chi connectivity index (χ0v) is 11.8. The summed E-state index contributed by atoms with van der Waals surface area (Å²) in [4.78, 5) is 0. The highest BCUT2D eigenvalue weighted by molar-refractivity contribution is 7.75. The van der Waals surface area contributed by atoms with Crippen LogP contribution in [0.15, 0.2) is 23.2 Å². The van der Waals surface area contributed by atoms with E-state index in [4.69, 9.17) is 9.68 Å². The van der Waals surface area contributed by atoms with Gasteiger partial charge in [-0.1, -0.05) is 19.1 Å². The molecule has 1 heterocycles. The first-order chi connectivity index (χ1) is 8.21. The van der Waals surface area contributed by atoms with Crippen molar-refractivity contribution in [2.75, 3.05) is 20.4 Å². The maximum atomic E-state index is 9.50. The second kappa shape index (κ2) is 13.8. The van der Waals surface area contributed by atoms with Crippen molar-refractivity contribution in [1.82, 2.24) is 0 Å². The third kappa shape index (κ3) is 8.43. The van der Waals surface area contributed by atoms with Crippen LogP contribution in [0.1, 0.15) is 27.2 Å². The first kappa shape index (κ1) is 19.1. The second-order valence-electron chi connectivity index (χ2n) is 3.05. The van der Waals surface area contributed by atoms with Crippen molar-refractivity contribution in [3.05, 3.63) is 23.2 Å². The smallest absolute Gasteiger partial charge is 0.423 e. The molecule has 0 atom stereocenters. The summed E-state index contributed by atoms with van der Waals surface area (Å²) >= 11 is 3.50. The molecule has 0 spiro atoms. The molecule has 0 aromatic rings. The highest BCUT2D eigenvalue weighted by Gasteiger charge is 2.28. The third-order valence-corrected chi connectivity index (χ3v) is 2.17. The Labute approximate surface area is 109 Å². The van der Waals surface area contributed by atoms with E-state index in [0.717, 1.165) is 24.1 Å². The molecule has 6 heteroatoms. The molecule has 1 fully saturated rings. The Balaban J connectivity index is 0. The fraction of sp³-hybridized carbons (Fsp3) is 0.636. The van der Waals surface area contributed by atoms with Crippen LogP contribution in [-0.2, 0) is 8.84 Å². The molecule has 0 aromatic heterocycles. The first-order valence-electron chi connectivity index (χ1n) is 5.46. The largest absolute Gasteiger partial charge is 0.491 e. The van der Waals surface area contributed by atoms with Crippen LogP contribution in [0.4, 0.5) is 4.39 Å². The average molecular weight is 264 g/mol. The zero-order valence-electron chi connectivity index (χ0n) is 10.9. The van der Waals surface area contributed by atoms with Crippen LogP contribution in [0, 0.1) is 0 Å². The Bertz CT molecular complexity index is 233. The molecule has 1 aliphatic rings. The number of hydrogen-bond donors (Lipinski definition) is 2. The van der Waals surface area contributed by atoms with Crippen LogP contribution in [0.3, 0.4) is 0 Å². The monoisotopic (exact) mass is 264 g/mol. The summed E-state index contributed by atoms with van der Waals surface area (Å²) in [7, 11) is -0.198. The topological polar surface area (TPSA) is 38.7 Å². The van der Waals surface area contributed by atoms with E-state index >= 15 is 0 Å². The van der Waals surface area contributed by atoms with E-state index < -0.39 is 7.12 Å². The Morgan fingerprint density at radius 1 is 1.47 bits per heavy atom. The lowest BCUT2D eigenvalue weighted by atomic mass is 9.77. The fourth-order valence-electron chi connectivity index (χ4n) is 1.17. The Morgan fingerprint density at radius 2 is 2.06 bits per heavy atom. The number of halogens is 1. The fourth-order valence-corrected chi connectivity index (χ4v) is 1.35. The molecule has 3 nitrogen and oxygen atoms in total. The normalized spacial score (nSPS) is 18.6. The summed E-state index contributed by atoms with van der Waals surface area (Å²) < 4.78 is 18.9. The maximum absolute atomic E-state index is 9.50. The van der Waals surface area contributed by atoms with Crippen LogP contribution >= 0.6 is 12.9 Å². The van der Waals surface area contributed by atoms with E-state index in [-0.39, 0.29) is 0 Å². The van der Waals surface area contributed by atoms with Crippen molar-refractivity contribution < 1.29 is 18.3 Å². The zero-order chi connectivity index (χ0) is 13.7. The third-order valence-electron chi connectivity index (χ3n) is 1.99. The number of allylic oxidation sites excluding steroid dienone is 2. The summed E-state index contributed by atoms with van der Waals surface area (Å²) in [5, 5.41) is 9.16. The summed E-state index contributed by atoms with van der Waals surface area (Å²) in [6.45, 7) is 7.17. The lowest BCUT2D eigenvalue weighted by Gasteiger charge is -1.94. The van der Waals surface area contributed by atoms with Gasteiger partial charge >= 0.3 is 7.12 Å². The van der Waals surface area contributed by atoms with Crippen LogP contribution in [0.5, 0.6) is 0 Å². The minimum Gasteiger partial charge on any atom is -0.423 e. The van der Waals surface area contributed by atoms with Crippen molar-refractivity contribution in [1.29, 1.82) is 0 Å². The summed E-state index contributed by atoms with van der Waals surface area (Å²) in [6, 6.07) is 0. The molecule has 100 valence electrons. The molecule has 0 aliphatic carbocycles. The van der Waals surface area contributed by atoms with Gasteiger partial charge in [0.25, 0.3) is 0 Å². The van der Waals surface area contributed by atoms with Gasteiger partial charge in [-0.3, -0.25) is 4.39 Å². The molecule has 1 saturated heterocycles. The summed E-state index contributed by atoms with van der Waals surface area (Å²) in [6.07, 6.45) is 4.89. The van der Waals surface area contributed by atoms with Gasteiger partial charge in [-0.25, -0.2) is 0 Å². The SMILES string of the molecule is C/C=C1/B(O)OC/C1=C/C.CCCOS.CF. The van der Waals surface area contributed by atoms with E-state index in [0.29, 0.717) is 13.8 Å². The van der Waals surface area contributed by atoms with Gasteiger partial charge in [0.05, 0.1) is 20.4 Å². The molecule has 1 aliphatic heterocycles. The van der Waals surface area contributed by atoms with Crippen LogP contribution in [0.25, 0.3) is 0 Å². The molecule has 0 bridgehead atoms. The van der Waals surface area contributed by atoms with Crippen LogP contribution in [-0.4, -0.2) is 32.5 Å². The molecule has 0 aromatic carbocycles. The lowest BCUT2D eigenvalue weighted by Crippen LogP contribution is -2.11. The van der Waals surface area contributed by atoms with Crippen molar-refractivity contribution in [3.63, 3.8) is 0 Å². The standard InChI is InChI=1S/C7H11BO2.C3H8OS.CH3F/c1-3-6-5-10-8(9)7(6)4-2;1-2-3-4-5;1-2/h3-4,9H,5H2,1-2H3;5H,2-3H2,1H3;1H3/b6-3-,7-4+;;. The Morgan fingerprint density at radius 3 is 2.29 bits per heavy atom. The van der Waals surface area contributed by atoms with Gasteiger partial charge < -0.3 is 13.9 Å². The first-order valence-corrected chi connectivity index (χ1v) is 5.83. The van der Waals surface area contributed by atoms with Gasteiger partial charge in [-0.2, -0.15) is 0 Å². The van der Waals surface area contributed by atoms with Gasteiger partial charge in [0, 0.05) is 0 Å². The van der Waals surface area contributed by atoms with Crippen LogP contribution in [0.2, 0.25) is 0 Å². The molecule has 0 unspecified atom stereocenters. The quantitative estimate of drug-likeness (QED) is 0.457. The number of alkyl halides is 1. The highest BCUT2D eigenvalue weighted by atomic mass is 32.1. The number of thiol groups is 1. The van der Waals surface area contributed by atoms with Crippen molar-refractivity contribution in [2.45, 2.75) is 27.2 Å². The molecule has 0 amide bonds. The highest BCUT2D eigenvalue weighted by Crippen LogP contribution is 2.20. The van der Waals surface area contributed by atoms with Gasteiger partial charge in [0.1, 0.15) is 0 Å². The maximum Gasteiger partial charge on any atom is 0.491 e. The van der Waals surface area contributed by atoms with Crippen molar-refractivity contribution in [2.24, 2.45) is 0 Å². The molecule has 17 heavy (non-hydrogen) atoms. The lowest BCUT2D eigenvalue weighted by molar-refractivity contribution is 0.316. The van der Waals surface area contributed by atoms with E-state index in [2.05, 4.69) is 17.1 Å². The Kier molecular flexibility index (Phi) is 15.4. The van der Waals surface area contributed by atoms with E-state index in [9.17, 15) is 4.39 Å². The van der Waals surface area contributed by atoms with Gasteiger partial charge in [0.15, 0.2) is 0 Å². The molecular weight excluding hydrogens is 242 g/mol. The van der Waals surface area contributed by atoms with Gasteiger partial charge in [-0.15, -0.1) is 0 Å². The van der Waals surface area contributed by atoms with Gasteiger partial charge in [-0.05, 0) is 44.2 Å². The van der Waals surface area contributed by atoms with E-state index in [1.165, 1.54) is 0 Å². The summed E-state index contributed by atoms with van der Waals surface area (Å²) in [5.41, 5.74) is 2.00. The van der Waals surface area contributed by atoms with Crippen molar-refractivity contribution in [3.8, 4) is 0 Å². The Hall–Kier alpha value is -0.295. The van der Waals surface area contributed by atoms with Crippen LogP contribution < -0.4 is 0 Å². The predicted molar refractivity (Wildman–Crippen MR) is 73.7 cm³/mol. The second-order valence-corrected chi connectivity index (χ2v) is 3.31. The molecule has 0 saturated carbocycles. The minimum absolute atomic E-state index is 0.500. The summed E-state index contributed by atoms with van der Waals surface area (Å²) in [5.74, 6) is 0. The molecule has 0 radical (unpaired) electrons. The molecule has 1 N–H and O–H groups in total. The minimum atomic E-state index is -0.698. The van der Waals surface area contributed by atoms with E-state index in [1.807, 2.05) is 32.9 Å². The predicted octanol–water partition coefficient (Wildman–Crippen LogP) is 2.77. The molecule has 1 rings (SSSR count). The van der Waals surface area contributed by atoms with E-state index in [1.54, 1.807) is 0 Å². The molecular formula is C11H22BFO3S. The number of rotatable bonds is 2. The average Bonchev–Trinajstić information content (AvgIpc) is 2.74. The van der Waals surface area contributed by atoms with Gasteiger partial charge in [0.2, 0.25) is 0 Å².